The van der Waals surface area contributed by atoms with Gasteiger partial charge >= 0.3 is 0 Å². The van der Waals surface area contributed by atoms with E-state index in [0.717, 1.165) is 41.7 Å². The lowest BCUT2D eigenvalue weighted by molar-refractivity contribution is 0.0938. The van der Waals surface area contributed by atoms with Crippen molar-refractivity contribution in [3.05, 3.63) is 59.9 Å². The number of hydrogen-bond donors (Lipinski definition) is 0. The summed E-state index contributed by atoms with van der Waals surface area (Å²) in [7, 11) is 1.67. The van der Waals surface area contributed by atoms with Gasteiger partial charge in [-0.3, -0.25) is 4.79 Å². The Bertz CT molecular complexity index is 978. The van der Waals surface area contributed by atoms with E-state index >= 15 is 0 Å². The standard InChI is InChI=1S/C26H30O4/c1-3-29-25-18-20(11-12-23(25)28-2)26(14-7-4-8-15-26)16-13-21(27)24-17-19-9-5-6-10-22(19)30-24/h5-6,9-12,17-18H,3-4,7-8,13-16H2,1-2H3. The molecule has 0 N–H and O–H groups in total. The van der Waals surface area contributed by atoms with Gasteiger partial charge in [0.25, 0.3) is 0 Å². The Morgan fingerprint density at radius 3 is 2.57 bits per heavy atom. The van der Waals surface area contributed by atoms with Crippen LogP contribution in [0.5, 0.6) is 11.5 Å². The monoisotopic (exact) mass is 406 g/mol. The van der Waals surface area contributed by atoms with Crippen LogP contribution >= 0.6 is 0 Å². The third kappa shape index (κ3) is 4.09. The summed E-state index contributed by atoms with van der Waals surface area (Å²) in [5, 5.41) is 0.977. The van der Waals surface area contributed by atoms with Crippen LogP contribution in [0.1, 0.15) is 68.0 Å². The molecule has 0 amide bonds. The van der Waals surface area contributed by atoms with E-state index in [4.69, 9.17) is 13.9 Å². The number of benzene rings is 2. The van der Waals surface area contributed by atoms with E-state index in [1.165, 1.54) is 24.8 Å². The zero-order valence-corrected chi connectivity index (χ0v) is 17.9. The summed E-state index contributed by atoms with van der Waals surface area (Å²) in [6, 6.07) is 15.9. The predicted octanol–water partition coefficient (Wildman–Crippen LogP) is 6.71. The van der Waals surface area contributed by atoms with Gasteiger partial charge in [0, 0.05) is 11.8 Å². The molecule has 1 aromatic heterocycles. The lowest BCUT2D eigenvalue weighted by Gasteiger charge is -2.38. The molecule has 158 valence electrons. The summed E-state index contributed by atoms with van der Waals surface area (Å²) in [5.74, 6) is 2.08. The van der Waals surface area contributed by atoms with Gasteiger partial charge < -0.3 is 13.9 Å². The first-order valence-corrected chi connectivity index (χ1v) is 11.0. The Hall–Kier alpha value is -2.75. The number of para-hydroxylation sites is 1. The number of furan rings is 1. The van der Waals surface area contributed by atoms with E-state index in [9.17, 15) is 4.79 Å². The Morgan fingerprint density at radius 1 is 1.03 bits per heavy atom. The predicted molar refractivity (Wildman–Crippen MR) is 119 cm³/mol. The first kappa shape index (κ1) is 20.5. The molecule has 3 aromatic rings. The maximum atomic E-state index is 13.0. The van der Waals surface area contributed by atoms with Crippen LogP contribution < -0.4 is 9.47 Å². The molecule has 1 saturated carbocycles. The topological polar surface area (TPSA) is 48.7 Å². The number of hydrogen-bond acceptors (Lipinski definition) is 4. The van der Waals surface area contributed by atoms with Gasteiger partial charge in [0.1, 0.15) is 5.58 Å². The van der Waals surface area contributed by atoms with Crippen molar-refractivity contribution >= 4 is 16.8 Å². The van der Waals surface area contributed by atoms with Gasteiger partial charge in [-0.1, -0.05) is 43.5 Å². The van der Waals surface area contributed by atoms with Crippen molar-refractivity contribution in [1.82, 2.24) is 0 Å². The molecule has 4 nitrogen and oxygen atoms in total. The van der Waals surface area contributed by atoms with Crippen molar-refractivity contribution in [3.63, 3.8) is 0 Å². The number of Topliss-reactive ketones (excluding diaryl/α,β-unsaturated/α-hetero) is 1. The zero-order chi connectivity index (χ0) is 21.0. The van der Waals surface area contributed by atoms with Crippen LogP contribution in [-0.4, -0.2) is 19.5 Å². The highest BCUT2D eigenvalue weighted by molar-refractivity contribution is 5.97. The summed E-state index contributed by atoms with van der Waals surface area (Å²) in [6.07, 6.45) is 7.13. The Balaban J connectivity index is 1.58. The third-order valence-electron chi connectivity index (χ3n) is 6.42. The maximum Gasteiger partial charge on any atom is 0.198 e. The number of rotatable bonds is 8. The normalized spacial score (nSPS) is 15.8. The number of ketones is 1. The summed E-state index contributed by atoms with van der Waals surface area (Å²) in [5.41, 5.74) is 2.02. The number of carbonyl (C=O) groups is 1. The number of ether oxygens (including phenoxy) is 2. The molecule has 0 radical (unpaired) electrons. The van der Waals surface area contributed by atoms with Gasteiger partial charge in [0.05, 0.1) is 13.7 Å². The van der Waals surface area contributed by atoms with E-state index in [2.05, 4.69) is 12.1 Å². The molecule has 1 heterocycles. The fourth-order valence-electron chi connectivity index (χ4n) is 4.78. The fourth-order valence-corrected chi connectivity index (χ4v) is 4.78. The second-order valence-corrected chi connectivity index (χ2v) is 8.21. The highest BCUT2D eigenvalue weighted by atomic mass is 16.5. The van der Waals surface area contributed by atoms with Crippen molar-refractivity contribution in [1.29, 1.82) is 0 Å². The molecule has 0 spiro atoms. The summed E-state index contributed by atoms with van der Waals surface area (Å²) in [6.45, 7) is 2.58. The quantitative estimate of drug-likeness (QED) is 0.390. The van der Waals surface area contributed by atoms with Crippen LogP contribution in [0.3, 0.4) is 0 Å². The Kier molecular flexibility index (Phi) is 6.12. The highest BCUT2D eigenvalue weighted by Gasteiger charge is 2.35. The lowest BCUT2D eigenvalue weighted by Crippen LogP contribution is -2.30. The van der Waals surface area contributed by atoms with E-state index in [1.807, 2.05) is 43.3 Å². The van der Waals surface area contributed by atoms with Gasteiger partial charge in [-0.05, 0) is 61.4 Å². The molecular formula is C26H30O4. The third-order valence-corrected chi connectivity index (χ3v) is 6.42. The van der Waals surface area contributed by atoms with Crippen molar-refractivity contribution in [3.8, 4) is 11.5 Å². The largest absolute Gasteiger partial charge is 0.493 e. The molecule has 4 heteroatoms. The van der Waals surface area contributed by atoms with E-state index < -0.39 is 0 Å². The van der Waals surface area contributed by atoms with Crippen molar-refractivity contribution < 1.29 is 18.7 Å². The van der Waals surface area contributed by atoms with Gasteiger partial charge in [0.2, 0.25) is 0 Å². The van der Waals surface area contributed by atoms with Gasteiger partial charge in [-0.25, -0.2) is 0 Å². The molecule has 1 aliphatic rings. The minimum atomic E-state index is -0.00194. The van der Waals surface area contributed by atoms with E-state index in [1.54, 1.807) is 7.11 Å². The second-order valence-electron chi connectivity index (χ2n) is 8.21. The SMILES string of the molecule is CCOc1cc(C2(CCC(=O)c3cc4ccccc4o3)CCCCC2)ccc1OC. The molecule has 0 aliphatic heterocycles. The van der Waals surface area contributed by atoms with Crippen LogP contribution in [0.2, 0.25) is 0 Å². The minimum absolute atomic E-state index is 0.00194. The Labute approximate surface area is 178 Å². The van der Waals surface area contributed by atoms with Crippen LogP contribution in [0, 0.1) is 0 Å². The van der Waals surface area contributed by atoms with Crippen LogP contribution in [-0.2, 0) is 5.41 Å². The number of fused-ring (bicyclic) bond motifs is 1. The maximum absolute atomic E-state index is 13.0. The van der Waals surface area contributed by atoms with Crippen LogP contribution in [0.15, 0.2) is 52.9 Å². The zero-order valence-electron chi connectivity index (χ0n) is 17.9. The van der Waals surface area contributed by atoms with Crippen LogP contribution in [0.4, 0.5) is 0 Å². The molecule has 0 unspecified atom stereocenters. The summed E-state index contributed by atoms with van der Waals surface area (Å²) < 4.78 is 17.1. The minimum Gasteiger partial charge on any atom is -0.493 e. The van der Waals surface area contributed by atoms with Crippen molar-refractivity contribution in [2.45, 2.75) is 57.3 Å². The van der Waals surface area contributed by atoms with E-state index in [-0.39, 0.29) is 11.2 Å². The first-order chi connectivity index (χ1) is 14.6. The molecule has 30 heavy (non-hydrogen) atoms. The average molecular weight is 407 g/mol. The molecule has 2 aromatic carbocycles. The fraction of sp³-hybridized carbons (Fsp3) is 0.423. The van der Waals surface area contributed by atoms with Gasteiger partial charge in [-0.15, -0.1) is 0 Å². The lowest BCUT2D eigenvalue weighted by atomic mass is 9.66. The highest BCUT2D eigenvalue weighted by Crippen LogP contribution is 2.45. The van der Waals surface area contributed by atoms with Gasteiger partial charge in [0.15, 0.2) is 23.0 Å². The molecule has 0 bridgehead atoms. The molecule has 0 atom stereocenters. The first-order valence-electron chi connectivity index (χ1n) is 11.0. The van der Waals surface area contributed by atoms with Crippen molar-refractivity contribution in [2.24, 2.45) is 0 Å². The average Bonchev–Trinajstić information content (AvgIpc) is 3.23. The summed E-state index contributed by atoms with van der Waals surface area (Å²) in [4.78, 5) is 13.0. The smallest absolute Gasteiger partial charge is 0.198 e. The Morgan fingerprint density at radius 2 is 1.83 bits per heavy atom. The van der Waals surface area contributed by atoms with E-state index in [0.29, 0.717) is 18.8 Å². The second kappa shape index (κ2) is 8.95. The molecule has 0 saturated heterocycles. The molecule has 1 aliphatic carbocycles. The summed E-state index contributed by atoms with van der Waals surface area (Å²) >= 11 is 0. The number of methoxy groups -OCH3 is 1. The molecular weight excluding hydrogens is 376 g/mol. The molecule has 1 fully saturated rings. The number of carbonyl (C=O) groups excluding carboxylic acids is 1. The van der Waals surface area contributed by atoms with Gasteiger partial charge in [-0.2, -0.15) is 0 Å². The van der Waals surface area contributed by atoms with Crippen molar-refractivity contribution in [2.75, 3.05) is 13.7 Å². The molecule has 4 rings (SSSR count). The van der Waals surface area contributed by atoms with Crippen LogP contribution in [0.25, 0.3) is 11.0 Å².